The Morgan fingerprint density at radius 1 is 0.971 bits per heavy atom. The fraction of sp³-hybridized carbons (Fsp3) is 0.308. The predicted octanol–water partition coefficient (Wildman–Crippen LogP) is 5.62. The van der Waals surface area contributed by atoms with E-state index in [1.54, 1.807) is 0 Å². The lowest BCUT2D eigenvalue weighted by atomic mass is 9.90. The van der Waals surface area contributed by atoms with Crippen molar-refractivity contribution in [3.63, 3.8) is 0 Å². The number of carbonyl (C=O) groups excluding carboxylic acids is 2. The van der Waals surface area contributed by atoms with E-state index in [-0.39, 0.29) is 11.7 Å². The van der Waals surface area contributed by atoms with Gasteiger partial charge in [-0.15, -0.1) is 0 Å². The predicted molar refractivity (Wildman–Crippen MR) is 138 cm³/mol. The van der Waals surface area contributed by atoms with E-state index in [4.69, 9.17) is 9.97 Å². The number of aryl methyl sites for hydroxylation is 2. The maximum Gasteiger partial charge on any atom is 0.229 e. The van der Waals surface area contributed by atoms with E-state index in [1.165, 1.54) is 0 Å². The molecule has 174 valence electrons. The van der Waals surface area contributed by atoms with Crippen LogP contribution in [0.15, 0.2) is 42.5 Å². The number of aromatic nitrogens is 2. The molecule has 0 saturated heterocycles. The Hall–Kier alpha value is -3.39. The third kappa shape index (κ3) is 4.92. The Bertz CT molecular complexity index is 1240. The number of benzene rings is 2. The number of ketones is 1. The largest absolute Gasteiger partial charge is 0.340 e. The number of nitrogens with one attached hydrogen (secondary N) is 3. The summed E-state index contributed by atoms with van der Waals surface area (Å²) in [7, 11) is 0. The van der Waals surface area contributed by atoms with Crippen LogP contribution < -0.4 is 16.0 Å². The van der Waals surface area contributed by atoms with Gasteiger partial charge in [-0.1, -0.05) is 6.92 Å². The second-order valence-electron chi connectivity index (χ2n) is 8.50. The zero-order valence-electron chi connectivity index (χ0n) is 19.1. The van der Waals surface area contributed by atoms with Crippen molar-refractivity contribution in [1.82, 2.24) is 9.97 Å². The van der Waals surface area contributed by atoms with Gasteiger partial charge >= 0.3 is 0 Å². The van der Waals surface area contributed by atoms with E-state index >= 15 is 0 Å². The summed E-state index contributed by atoms with van der Waals surface area (Å²) in [4.78, 5) is 33.4. The number of carbonyl (C=O) groups is 2. The summed E-state index contributed by atoms with van der Waals surface area (Å²) in [6, 6.07) is 13.5. The third-order valence-corrected chi connectivity index (χ3v) is 7.07. The Labute approximate surface area is 203 Å². The van der Waals surface area contributed by atoms with Crippen molar-refractivity contribution in [1.29, 1.82) is 0 Å². The molecule has 3 aromatic rings. The van der Waals surface area contributed by atoms with E-state index in [0.717, 1.165) is 76.0 Å². The van der Waals surface area contributed by atoms with Gasteiger partial charge in [0.2, 0.25) is 11.9 Å². The lowest BCUT2D eigenvalue weighted by molar-refractivity contribution is -0.115. The van der Waals surface area contributed by atoms with Crippen LogP contribution in [0.4, 0.5) is 28.8 Å². The molecule has 0 fully saturated rings. The third-order valence-electron chi connectivity index (χ3n) is 6.09. The first-order valence-corrected chi connectivity index (χ1v) is 12.8. The number of nitrogens with zero attached hydrogens (tertiary/aromatic N) is 2. The minimum absolute atomic E-state index is 0.00939. The van der Waals surface area contributed by atoms with Crippen LogP contribution >= 0.6 is 11.8 Å². The van der Waals surface area contributed by atoms with E-state index in [2.05, 4.69) is 16.0 Å². The van der Waals surface area contributed by atoms with Crippen LogP contribution in [0, 0.1) is 0 Å². The summed E-state index contributed by atoms with van der Waals surface area (Å²) < 4.78 is 0. The van der Waals surface area contributed by atoms with E-state index < -0.39 is 0 Å². The van der Waals surface area contributed by atoms with Gasteiger partial charge in [0.15, 0.2) is 5.78 Å². The lowest BCUT2D eigenvalue weighted by Gasteiger charge is -2.21. The van der Waals surface area contributed by atoms with E-state index in [1.807, 2.05) is 61.2 Å². The van der Waals surface area contributed by atoms with Crippen LogP contribution in [0.2, 0.25) is 0 Å². The zero-order chi connectivity index (χ0) is 23.5. The smallest absolute Gasteiger partial charge is 0.229 e. The van der Waals surface area contributed by atoms with Crippen LogP contribution in [0.25, 0.3) is 0 Å². The van der Waals surface area contributed by atoms with Crippen molar-refractivity contribution in [2.24, 2.45) is 0 Å². The highest BCUT2D eigenvalue weighted by Crippen LogP contribution is 2.32. The van der Waals surface area contributed by atoms with Crippen molar-refractivity contribution in [2.75, 3.05) is 21.7 Å². The van der Waals surface area contributed by atoms with Crippen LogP contribution in [-0.2, 0) is 23.4 Å². The second-order valence-corrected chi connectivity index (χ2v) is 9.61. The van der Waals surface area contributed by atoms with E-state index in [0.29, 0.717) is 18.8 Å². The zero-order valence-corrected chi connectivity index (χ0v) is 19.9. The van der Waals surface area contributed by atoms with Crippen molar-refractivity contribution in [2.45, 2.75) is 44.8 Å². The number of anilines is 5. The van der Waals surface area contributed by atoms with Gasteiger partial charge in [0.25, 0.3) is 0 Å². The number of hydrogen-bond acceptors (Lipinski definition) is 7. The molecular formula is C26H27N5O2S. The Morgan fingerprint density at radius 2 is 1.76 bits per heavy atom. The topological polar surface area (TPSA) is 96.0 Å². The maximum absolute atomic E-state index is 12.1. The highest BCUT2D eigenvalue weighted by molar-refractivity contribution is 7.98. The quantitative estimate of drug-likeness (QED) is 0.427. The number of fused-ring (bicyclic) bond motifs is 2. The van der Waals surface area contributed by atoms with Crippen molar-refractivity contribution < 1.29 is 9.59 Å². The number of thioether (sulfide) groups is 1. The molecule has 2 heterocycles. The minimum atomic E-state index is -0.00939. The summed E-state index contributed by atoms with van der Waals surface area (Å²) in [5.41, 5.74) is 6.65. The summed E-state index contributed by atoms with van der Waals surface area (Å²) in [6.45, 7) is 1.83. The molecule has 0 unspecified atom stereocenters. The van der Waals surface area contributed by atoms with Gasteiger partial charge in [-0.3, -0.25) is 9.59 Å². The van der Waals surface area contributed by atoms with Gasteiger partial charge in [-0.25, -0.2) is 4.98 Å². The number of Topliss-reactive ketones (excluding diaryl/α,β-unsaturated/α-hetero) is 1. The first-order valence-electron chi connectivity index (χ1n) is 11.7. The van der Waals surface area contributed by atoms with Crippen LogP contribution in [0.5, 0.6) is 0 Å². The molecule has 0 radical (unpaired) electrons. The average molecular weight is 474 g/mol. The highest BCUT2D eigenvalue weighted by atomic mass is 32.2. The van der Waals surface area contributed by atoms with Crippen LogP contribution in [0.3, 0.4) is 0 Å². The van der Waals surface area contributed by atoms with Crippen LogP contribution in [0.1, 0.15) is 53.4 Å². The van der Waals surface area contributed by atoms with Gasteiger partial charge < -0.3 is 16.0 Å². The normalized spacial score (nSPS) is 14.7. The molecule has 1 amide bonds. The molecule has 2 aromatic carbocycles. The first kappa shape index (κ1) is 22.4. The molecule has 0 bridgehead atoms. The highest BCUT2D eigenvalue weighted by Gasteiger charge is 2.20. The SMILES string of the molecule is CCC(=O)Nc1ccc(Nc2nc(Nc3ccc4c(c3)CCCC4=O)nc3c2CSCC3)cc1. The minimum Gasteiger partial charge on any atom is -0.340 e. The number of hydrogen-bond donors (Lipinski definition) is 3. The molecule has 0 atom stereocenters. The molecule has 2 aliphatic rings. The van der Waals surface area contributed by atoms with E-state index in [9.17, 15) is 9.59 Å². The molecule has 7 nitrogen and oxygen atoms in total. The fourth-order valence-electron chi connectivity index (χ4n) is 4.27. The summed E-state index contributed by atoms with van der Waals surface area (Å²) in [5.74, 6) is 3.45. The van der Waals surface area contributed by atoms with Gasteiger partial charge in [-0.2, -0.15) is 16.7 Å². The molecule has 8 heteroatoms. The number of rotatable bonds is 6. The van der Waals surface area contributed by atoms with Gasteiger partial charge in [0.05, 0.1) is 5.69 Å². The van der Waals surface area contributed by atoms with Crippen molar-refractivity contribution in [3.8, 4) is 0 Å². The number of amides is 1. The lowest BCUT2D eigenvalue weighted by Crippen LogP contribution is -2.13. The molecular weight excluding hydrogens is 446 g/mol. The molecule has 0 spiro atoms. The molecule has 3 N–H and O–H groups in total. The molecule has 0 saturated carbocycles. The van der Waals surface area contributed by atoms with Gasteiger partial charge in [0.1, 0.15) is 5.82 Å². The van der Waals surface area contributed by atoms with Gasteiger partial charge in [-0.05, 0) is 73.0 Å². The molecule has 1 aliphatic heterocycles. The average Bonchev–Trinajstić information content (AvgIpc) is 2.85. The molecule has 1 aromatic heterocycles. The summed E-state index contributed by atoms with van der Waals surface area (Å²) >= 11 is 1.88. The first-order chi connectivity index (χ1) is 16.6. The van der Waals surface area contributed by atoms with Gasteiger partial charge in [0, 0.05) is 46.8 Å². The maximum atomic E-state index is 12.1. The standard InChI is InChI=1S/C26H27N5O2S/c1-2-24(33)27-17-6-8-18(9-7-17)28-25-21-15-34-13-12-22(21)30-26(31-25)29-19-10-11-20-16(14-19)4-3-5-23(20)32/h6-11,14H,2-5,12-13,15H2,1H3,(H,27,33)(H2,28,29,30,31). The Morgan fingerprint density at radius 3 is 2.59 bits per heavy atom. The summed E-state index contributed by atoms with van der Waals surface area (Å²) in [6.07, 6.45) is 3.79. The second kappa shape index (κ2) is 9.85. The molecule has 5 rings (SSSR count). The monoisotopic (exact) mass is 473 g/mol. The molecule has 34 heavy (non-hydrogen) atoms. The Balaban J connectivity index is 1.40. The van der Waals surface area contributed by atoms with Crippen molar-refractivity contribution in [3.05, 3.63) is 64.8 Å². The Kier molecular flexibility index (Phi) is 6.49. The van der Waals surface area contributed by atoms with Crippen LogP contribution in [-0.4, -0.2) is 27.4 Å². The fourth-order valence-corrected chi connectivity index (χ4v) is 5.26. The summed E-state index contributed by atoms with van der Waals surface area (Å²) in [5, 5.41) is 9.67. The molecule has 1 aliphatic carbocycles. The van der Waals surface area contributed by atoms with Crippen molar-refractivity contribution >= 4 is 52.3 Å².